The molecule has 0 aliphatic heterocycles. The highest BCUT2D eigenvalue weighted by Crippen LogP contribution is 2.26. The Morgan fingerprint density at radius 3 is 2.87 bits per heavy atom. The number of benzene rings is 1. The van der Waals surface area contributed by atoms with E-state index in [0.29, 0.717) is 17.1 Å². The molecule has 0 radical (unpaired) electrons. The molecule has 2 aromatic heterocycles. The molecule has 1 N–H and O–H groups in total. The summed E-state index contributed by atoms with van der Waals surface area (Å²) in [7, 11) is -4.07. The third-order valence-corrected chi connectivity index (χ3v) is 5.85. The molecule has 0 unspecified atom stereocenters. The van der Waals surface area contributed by atoms with Crippen molar-refractivity contribution in [3.8, 4) is 0 Å². The molecule has 10 heteroatoms. The van der Waals surface area contributed by atoms with E-state index in [2.05, 4.69) is 14.8 Å². The number of sulfonamides is 1. The molecular formula is C13H12ClFN4O2S2. The van der Waals surface area contributed by atoms with Crippen molar-refractivity contribution in [2.24, 2.45) is 0 Å². The molecule has 1 aromatic carbocycles. The van der Waals surface area contributed by atoms with Crippen LogP contribution in [0, 0.1) is 12.7 Å². The molecule has 3 aromatic rings. The molecule has 0 atom stereocenters. The number of halogens is 2. The second-order valence-electron chi connectivity index (χ2n) is 4.78. The van der Waals surface area contributed by atoms with Crippen molar-refractivity contribution in [2.45, 2.75) is 25.3 Å². The summed E-state index contributed by atoms with van der Waals surface area (Å²) < 4.78 is 42.6. The number of nitrogens with one attached hydrogen (secondary N) is 1. The lowest BCUT2D eigenvalue weighted by molar-refractivity contribution is 0.590. The third-order valence-electron chi connectivity index (χ3n) is 3.10. The van der Waals surface area contributed by atoms with Crippen molar-refractivity contribution < 1.29 is 12.8 Å². The van der Waals surface area contributed by atoms with Gasteiger partial charge < -0.3 is 0 Å². The van der Waals surface area contributed by atoms with E-state index in [4.69, 9.17) is 11.6 Å². The minimum Gasteiger partial charge on any atom is -0.275 e. The highest BCUT2D eigenvalue weighted by molar-refractivity contribution is 7.92. The molecule has 23 heavy (non-hydrogen) atoms. The number of rotatable bonds is 4. The van der Waals surface area contributed by atoms with E-state index in [-0.39, 0.29) is 15.7 Å². The SMILES string of the molecule is CCc1nn2c(S(=O)(=O)Nc3cc(Cl)ccc3F)c(C)nc2s1. The Morgan fingerprint density at radius 2 is 2.17 bits per heavy atom. The van der Waals surface area contributed by atoms with Gasteiger partial charge in [-0.05, 0) is 31.5 Å². The van der Waals surface area contributed by atoms with Gasteiger partial charge in [-0.3, -0.25) is 4.72 Å². The van der Waals surface area contributed by atoms with Crippen LogP contribution in [0.3, 0.4) is 0 Å². The van der Waals surface area contributed by atoms with Crippen molar-refractivity contribution in [3.63, 3.8) is 0 Å². The van der Waals surface area contributed by atoms with Crippen LogP contribution in [0.4, 0.5) is 10.1 Å². The zero-order valence-corrected chi connectivity index (χ0v) is 14.6. The first-order valence-corrected chi connectivity index (χ1v) is 9.32. The smallest absolute Gasteiger partial charge is 0.275 e. The van der Waals surface area contributed by atoms with Gasteiger partial charge in [-0.1, -0.05) is 29.9 Å². The summed E-state index contributed by atoms with van der Waals surface area (Å²) in [5.41, 5.74) is 0.0686. The fourth-order valence-corrected chi connectivity index (χ4v) is 4.53. The van der Waals surface area contributed by atoms with Crippen LogP contribution in [-0.4, -0.2) is 23.0 Å². The predicted octanol–water partition coefficient (Wildman–Crippen LogP) is 3.25. The minimum absolute atomic E-state index is 0.108. The number of aromatic nitrogens is 3. The summed E-state index contributed by atoms with van der Waals surface area (Å²) in [5.74, 6) is -0.719. The first-order valence-electron chi connectivity index (χ1n) is 6.64. The van der Waals surface area contributed by atoms with E-state index in [0.717, 1.165) is 11.1 Å². The van der Waals surface area contributed by atoms with Crippen molar-refractivity contribution in [1.29, 1.82) is 0 Å². The molecular weight excluding hydrogens is 363 g/mol. The van der Waals surface area contributed by atoms with Gasteiger partial charge in [-0.2, -0.15) is 18.0 Å². The lowest BCUT2D eigenvalue weighted by Crippen LogP contribution is -2.17. The number of hydrogen-bond acceptors (Lipinski definition) is 5. The Morgan fingerprint density at radius 1 is 1.43 bits per heavy atom. The zero-order valence-electron chi connectivity index (χ0n) is 12.2. The first kappa shape index (κ1) is 16.2. The van der Waals surface area contributed by atoms with Crippen molar-refractivity contribution in [3.05, 3.63) is 39.7 Å². The summed E-state index contributed by atoms with van der Waals surface area (Å²) in [6, 6.07) is 3.64. The van der Waals surface area contributed by atoms with Gasteiger partial charge in [0.25, 0.3) is 10.0 Å². The van der Waals surface area contributed by atoms with Gasteiger partial charge in [-0.25, -0.2) is 9.37 Å². The Labute approximate surface area is 141 Å². The predicted molar refractivity (Wildman–Crippen MR) is 87.2 cm³/mol. The maximum absolute atomic E-state index is 13.8. The van der Waals surface area contributed by atoms with Gasteiger partial charge in [0.05, 0.1) is 11.4 Å². The maximum atomic E-state index is 13.8. The van der Waals surface area contributed by atoms with Gasteiger partial charge >= 0.3 is 0 Å². The number of fused-ring (bicyclic) bond motifs is 1. The molecule has 0 amide bonds. The number of imidazole rings is 1. The topological polar surface area (TPSA) is 76.4 Å². The fraction of sp³-hybridized carbons (Fsp3) is 0.231. The fourth-order valence-electron chi connectivity index (χ4n) is 2.09. The molecule has 6 nitrogen and oxygen atoms in total. The molecule has 3 rings (SSSR count). The molecule has 0 saturated heterocycles. The van der Waals surface area contributed by atoms with Crippen molar-refractivity contribution >= 4 is 43.6 Å². The zero-order chi connectivity index (χ0) is 16.8. The van der Waals surface area contributed by atoms with Crippen molar-refractivity contribution in [1.82, 2.24) is 14.6 Å². The van der Waals surface area contributed by atoms with Gasteiger partial charge in [0.1, 0.15) is 10.8 Å². The molecule has 0 fully saturated rings. The van der Waals surface area contributed by atoms with Crippen LogP contribution in [0.1, 0.15) is 17.6 Å². The first-order chi connectivity index (χ1) is 10.8. The lowest BCUT2D eigenvalue weighted by Gasteiger charge is -2.09. The van der Waals surface area contributed by atoms with E-state index in [1.807, 2.05) is 6.92 Å². The number of nitrogens with zero attached hydrogens (tertiary/aromatic N) is 3. The Balaban J connectivity index is 2.10. The summed E-state index contributed by atoms with van der Waals surface area (Å²) in [6.45, 7) is 3.48. The van der Waals surface area contributed by atoms with Gasteiger partial charge in [0, 0.05) is 5.02 Å². The second kappa shape index (κ2) is 5.73. The van der Waals surface area contributed by atoms with Crippen LogP contribution in [0.5, 0.6) is 0 Å². The molecule has 2 heterocycles. The highest BCUT2D eigenvalue weighted by Gasteiger charge is 2.26. The normalized spacial score (nSPS) is 12.0. The van der Waals surface area contributed by atoms with Crippen LogP contribution in [0.2, 0.25) is 5.02 Å². The average molecular weight is 375 g/mol. The molecule has 0 bridgehead atoms. The van der Waals surface area contributed by atoms with Gasteiger partial charge in [-0.15, -0.1) is 0 Å². The van der Waals surface area contributed by atoms with E-state index < -0.39 is 15.8 Å². The van der Waals surface area contributed by atoms with Crippen LogP contribution >= 0.6 is 22.9 Å². The number of hydrogen-bond donors (Lipinski definition) is 1. The molecule has 0 saturated carbocycles. The van der Waals surface area contributed by atoms with E-state index >= 15 is 0 Å². The maximum Gasteiger partial charge on any atom is 0.281 e. The third kappa shape index (κ3) is 2.91. The van der Waals surface area contributed by atoms with E-state index in [1.165, 1.54) is 28.0 Å². The largest absolute Gasteiger partial charge is 0.281 e. The molecule has 122 valence electrons. The Hall–Kier alpha value is -1.71. The van der Waals surface area contributed by atoms with Crippen LogP contribution in [0.15, 0.2) is 23.2 Å². The summed E-state index contributed by atoms with van der Waals surface area (Å²) in [4.78, 5) is 4.69. The molecule has 0 aliphatic rings. The molecule has 0 aliphatic carbocycles. The molecule has 0 spiro atoms. The monoisotopic (exact) mass is 374 g/mol. The average Bonchev–Trinajstić information content (AvgIpc) is 2.98. The van der Waals surface area contributed by atoms with Gasteiger partial charge in [0.2, 0.25) is 9.99 Å². The number of anilines is 1. The standard InChI is InChI=1S/C13H12ClFN4O2S2/c1-3-11-17-19-12(7(2)16-13(19)22-11)23(20,21)18-10-6-8(14)4-5-9(10)15/h4-6,18H,3H2,1-2H3. The summed E-state index contributed by atoms with van der Waals surface area (Å²) in [6.07, 6.45) is 0.670. The number of aryl methyl sites for hydroxylation is 2. The van der Waals surface area contributed by atoms with Crippen LogP contribution in [-0.2, 0) is 16.4 Å². The van der Waals surface area contributed by atoms with E-state index in [1.54, 1.807) is 6.92 Å². The van der Waals surface area contributed by atoms with Crippen molar-refractivity contribution in [2.75, 3.05) is 4.72 Å². The van der Waals surface area contributed by atoms with Crippen LogP contribution in [0.25, 0.3) is 4.96 Å². The second-order valence-corrected chi connectivity index (χ2v) is 7.85. The van der Waals surface area contributed by atoms with Crippen LogP contribution < -0.4 is 4.72 Å². The van der Waals surface area contributed by atoms with Gasteiger partial charge in [0.15, 0.2) is 0 Å². The minimum atomic E-state index is -4.07. The Kier molecular flexibility index (Phi) is 4.03. The lowest BCUT2D eigenvalue weighted by atomic mass is 10.3. The summed E-state index contributed by atoms with van der Waals surface area (Å²) in [5, 5.41) is 5.11. The quantitative estimate of drug-likeness (QED) is 0.760. The van der Waals surface area contributed by atoms with E-state index in [9.17, 15) is 12.8 Å². The highest BCUT2D eigenvalue weighted by atomic mass is 35.5. The Bertz CT molecular complexity index is 997. The summed E-state index contributed by atoms with van der Waals surface area (Å²) >= 11 is 7.10.